The van der Waals surface area contributed by atoms with Gasteiger partial charge in [0.2, 0.25) is 11.1 Å². The summed E-state index contributed by atoms with van der Waals surface area (Å²) in [6.45, 7) is 1.50. The van der Waals surface area contributed by atoms with E-state index in [1.807, 2.05) is 0 Å². The molecule has 1 aromatic carbocycles. The number of aromatic nitrogens is 3. The molecular formula is C12H13N5O3S. The fraction of sp³-hybridized carbons (Fsp3) is 0.167. The third-order valence-corrected chi connectivity index (χ3v) is 3.47. The van der Waals surface area contributed by atoms with Crippen LogP contribution >= 0.6 is 11.8 Å². The number of amides is 1. The number of phenols is 1. The molecule has 0 bridgehead atoms. The van der Waals surface area contributed by atoms with Crippen molar-refractivity contribution in [3.63, 3.8) is 0 Å². The molecule has 4 N–H and O–H groups in total. The first kappa shape index (κ1) is 14.9. The van der Waals surface area contributed by atoms with Gasteiger partial charge in [-0.05, 0) is 19.1 Å². The van der Waals surface area contributed by atoms with Crippen molar-refractivity contribution in [2.45, 2.75) is 12.1 Å². The van der Waals surface area contributed by atoms with E-state index >= 15 is 0 Å². The van der Waals surface area contributed by atoms with E-state index in [0.717, 1.165) is 16.4 Å². The SMILES string of the molecule is Cc1nnc(SCC(=O)Nc2ccccc2O)n(N)c1=O. The smallest absolute Gasteiger partial charge is 0.294 e. The molecule has 2 rings (SSSR count). The first-order chi connectivity index (χ1) is 9.99. The zero-order valence-corrected chi connectivity index (χ0v) is 11.9. The van der Waals surface area contributed by atoms with Crippen LogP contribution in [0.4, 0.5) is 5.69 Å². The molecule has 0 fully saturated rings. The van der Waals surface area contributed by atoms with Gasteiger partial charge in [0, 0.05) is 0 Å². The maximum absolute atomic E-state index is 11.8. The van der Waals surface area contributed by atoms with Crippen LogP contribution in [0, 0.1) is 6.92 Å². The molecule has 0 atom stereocenters. The molecule has 1 aromatic heterocycles. The van der Waals surface area contributed by atoms with Gasteiger partial charge in [0.15, 0.2) is 0 Å². The highest BCUT2D eigenvalue weighted by atomic mass is 32.2. The van der Waals surface area contributed by atoms with Gasteiger partial charge < -0.3 is 16.3 Å². The first-order valence-electron chi connectivity index (χ1n) is 5.91. The van der Waals surface area contributed by atoms with Crippen molar-refractivity contribution < 1.29 is 9.90 Å². The summed E-state index contributed by atoms with van der Waals surface area (Å²) < 4.78 is 0.847. The summed E-state index contributed by atoms with van der Waals surface area (Å²) in [7, 11) is 0. The Morgan fingerprint density at radius 2 is 2.14 bits per heavy atom. The summed E-state index contributed by atoms with van der Waals surface area (Å²) in [5, 5.41) is 19.6. The Hall–Kier alpha value is -2.55. The average molecular weight is 307 g/mol. The zero-order valence-electron chi connectivity index (χ0n) is 11.1. The quantitative estimate of drug-likeness (QED) is 0.416. The Morgan fingerprint density at radius 3 is 2.86 bits per heavy atom. The number of nitrogens with zero attached hydrogens (tertiary/aromatic N) is 3. The maximum Gasteiger partial charge on any atom is 0.294 e. The number of nitrogens with two attached hydrogens (primary N) is 1. The van der Waals surface area contributed by atoms with Crippen LogP contribution in [0.25, 0.3) is 0 Å². The van der Waals surface area contributed by atoms with E-state index in [1.54, 1.807) is 18.2 Å². The molecule has 0 aliphatic carbocycles. The predicted octanol–water partition coefficient (Wildman–Crippen LogP) is 0.0969. The number of carbonyl (C=O) groups excluding carboxylic acids is 1. The Morgan fingerprint density at radius 1 is 1.43 bits per heavy atom. The van der Waals surface area contributed by atoms with Gasteiger partial charge in [-0.2, -0.15) is 4.68 Å². The highest BCUT2D eigenvalue weighted by Gasteiger charge is 2.11. The molecule has 0 aliphatic heterocycles. The average Bonchev–Trinajstić information content (AvgIpc) is 2.46. The van der Waals surface area contributed by atoms with Crippen molar-refractivity contribution in [2.24, 2.45) is 0 Å². The molecule has 0 aliphatic rings. The number of phenolic OH excluding ortho intramolecular Hbond substituents is 1. The minimum absolute atomic E-state index is 0.0251. The second-order valence-electron chi connectivity index (χ2n) is 4.10. The molecule has 1 heterocycles. The molecule has 0 saturated carbocycles. The van der Waals surface area contributed by atoms with Gasteiger partial charge in [0.25, 0.3) is 5.56 Å². The second-order valence-corrected chi connectivity index (χ2v) is 5.04. The number of hydrogen-bond donors (Lipinski definition) is 3. The van der Waals surface area contributed by atoms with E-state index in [-0.39, 0.29) is 28.3 Å². The number of nitrogen functional groups attached to an aromatic ring is 1. The zero-order chi connectivity index (χ0) is 15.4. The maximum atomic E-state index is 11.8. The predicted molar refractivity (Wildman–Crippen MR) is 78.6 cm³/mol. The van der Waals surface area contributed by atoms with Crippen LogP contribution in [-0.2, 0) is 4.79 Å². The minimum atomic E-state index is -0.464. The molecule has 0 saturated heterocycles. The number of thioether (sulfide) groups is 1. The second kappa shape index (κ2) is 6.27. The number of para-hydroxylation sites is 2. The van der Waals surface area contributed by atoms with Crippen molar-refractivity contribution in [2.75, 3.05) is 16.9 Å². The Bertz CT molecular complexity index is 731. The summed E-state index contributed by atoms with van der Waals surface area (Å²) in [6.07, 6.45) is 0. The van der Waals surface area contributed by atoms with Crippen LogP contribution in [0.3, 0.4) is 0 Å². The summed E-state index contributed by atoms with van der Waals surface area (Å²) in [5.41, 5.74) is 0.0253. The molecular weight excluding hydrogens is 294 g/mol. The molecule has 110 valence electrons. The summed E-state index contributed by atoms with van der Waals surface area (Å²) in [4.78, 5) is 23.3. The summed E-state index contributed by atoms with van der Waals surface area (Å²) in [5.74, 6) is 5.14. The fourth-order valence-corrected chi connectivity index (χ4v) is 2.12. The van der Waals surface area contributed by atoms with Gasteiger partial charge in [0.05, 0.1) is 11.4 Å². The minimum Gasteiger partial charge on any atom is -0.506 e. The summed E-state index contributed by atoms with van der Waals surface area (Å²) >= 11 is 0.974. The number of hydrogen-bond acceptors (Lipinski definition) is 7. The van der Waals surface area contributed by atoms with Gasteiger partial charge in [-0.1, -0.05) is 23.9 Å². The third kappa shape index (κ3) is 3.51. The van der Waals surface area contributed by atoms with Crippen LogP contribution in [-0.4, -0.2) is 31.6 Å². The Labute approximate surface area is 124 Å². The van der Waals surface area contributed by atoms with E-state index in [0.29, 0.717) is 5.69 Å². The molecule has 0 unspecified atom stereocenters. The Kier molecular flexibility index (Phi) is 4.43. The fourth-order valence-electron chi connectivity index (χ4n) is 1.46. The van der Waals surface area contributed by atoms with Gasteiger partial charge >= 0.3 is 0 Å². The van der Waals surface area contributed by atoms with Crippen molar-refractivity contribution in [3.05, 3.63) is 40.3 Å². The summed E-state index contributed by atoms with van der Waals surface area (Å²) in [6, 6.07) is 6.37. The molecule has 2 aromatic rings. The lowest BCUT2D eigenvalue weighted by molar-refractivity contribution is -0.113. The van der Waals surface area contributed by atoms with Crippen molar-refractivity contribution in [1.29, 1.82) is 0 Å². The lowest BCUT2D eigenvalue weighted by Crippen LogP contribution is -2.32. The van der Waals surface area contributed by atoms with Gasteiger partial charge in [-0.15, -0.1) is 10.2 Å². The Balaban J connectivity index is 2.01. The molecule has 8 nitrogen and oxygen atoms in total. The van der Waals surface area contributed by atoms with E-state index in [2.05, 4.69) is 15.5 Å². The van der Waals surface area contributed by atoms with Crippen LogP contribution in [0.2, 0.25) is 0 Å². The first-order valence-corrected chi connectivity index (χ1v) is 6.89. The number of benzene rings is 1. The molecule has 0 radical (unpaired) electrons. The normalized spacial score (nSPS) is 10.3. The third-order valence-electron chi connectivity index (χ3n) is 2.53. The lowest BCUT2D eigenvalue weighted by Gasteiger charge is -2.08. The standard InChI is InChI=1S/C12H13N5O3S/c1-7-11(20)17(13)12(16-15-7)21-6-10(19)14-8-4-2-3-5-9(8)18/h2-5,18H,6,13H2,1H3,(H,14,19). The van der Waals surface area contributed by atoms with E-state index in [1.165, 1.54) is 13.0 Å². The van der Waals surface area contributed by atoms with Crippen molar-refractivity contribution in [3.8, 4) is 5.75 Å². The molecule has 9 heteroatoms. The van der Waals surface area contributed by atoms with Gasteiger partial charge in [-0.3, -0.25) is 9.59 Å². The molecule has 1 amide bonds. The van der Waals surface area contributed by atoms with Crippen molar-refractivity contribution >= 4 is 23.4 Å². The van der Waals surface area contributed by atoms with Crippen LogP contribution in [0.5, 0.6) is 5.75 Å². The number of rotatable bonds is 4. The highest BCUT2D eigenvalue weighted by Crippen LogP contribution is 2.22. The van der Waals surface area contributed by atoms with Crippen LogP contribution in [0.15, 0.2) is 34.2 Å². The largest absolute Gasteiger partial charge is 0.506 e. The van der Waals surface area contributed by atoms with Crippen LogP contribution < -0.4 is 16.7 Å². The van der Waals surface area contributed by atoms with Crippen LogP contribution in [0.1, 0.15) is 5.69 Å². The monoisotopic (exact) mass is 307 g/mol. The highest BCUT2D eigenvalue weighted by molar-refractivity contribution is 7.99. The number of anilines is 1. The number of aryl methyl sites for hydroxylation is 1. The number of aromatic hydroxyl groups is 1. The van der Waals surface area contributed by atoms with E-state index in [9.17, 15) is 14.7 Å². The number of carbonyl (C=O) groups is 1. The van der Waals surface area contributed by atoms with E-state index < -0.39 is 5.56 Å². The lowest BCUT2D eigenvalue weighted by atomic mass is 10.3. The van der Waals surface area contributed by atoms with Crippen molar-refractivity contribution in [1.82, 2.24) is 14.9 Å². The molecule has 0 spiro atoms. The van der Waals surface area contributed by atoms with Gasteiger partial charge in [0.1, 0.15) is 11.4 Å². The molecule has 21 heavy (non-hydrogen) atoms. The number of nitrogens with one attached hydrogen (secondary N) is 1. The van der Waals surface area contributed by atoms with E-state index in [4.69, 9.17) is 5.84 Å². The van der Waals surface area contributed by atoms with Gasteiger partial charge in [-0.25, -0.2) is 0 Å². The topological polar surface area (TPSA) is 123 Å².